The zero-order chi connectivity index (χ0) is 11.8. The summed E-state index contributed by atoms with van der Waals surface area (Å²) in [6, 6.07) is 0.503. The van der Waals surface area contributed by atoms with Crippen LogP contribution in [0.4, 0.5) is 0 Å². The average molecular weight is 223 g/mol. The van der Waals surface area contributed by atoms with Gasteiger partial charge in [-0.1, -0.05) is 13.8 Å². The molecule has 1 aromatic heterocycles. The summed E-state index contributed by atoms with van der Waals surface area (Å²) in [6.45, 7) is 5.39. The van der Waals surface area contributed by atoms with Gasteiger partial charge in [0.15, 0.2) is 0 Å². The van der Waals surface area contributed by atoms with Crippen LogP contribution in [0.25, 0.3) is 0 Å². The maximum Gasteiger partial charge on any atom is 0.0951 e. The van der Waals surface area contributed by atoms with Gasteiger partial charge in [-0.3, -0.25) is 0 Å². The van der Waals surface area contributed by atoms with Crippen LogP contribution in [0.1, 0.15) is 32.0 Å². The highest BCUT2D eigenvalue weighted by molar-refractivity contribution is 5.09. The van der Waals surface area contributed by atoms with Gasteiger partial charge in [0.2, 0.25) is 0 Å². The lowest BCUT2D eigenvalue weighted by Crippen LogP contribution is -2.51. The van der Waals surface area contributed by atoms with E-state index < -0.39 is 0 Å². The summed E-state index contributed by atoms with van der Waals surface area (Å²) in [7, 11) is 3.76. The van der Waals surface area contributed by atoms with Crippen LogP contribution in [0.3, 0.4) is 0 Å². The van der Waals surface area contributed by atoms with E-state index >= 15 is 0 Å². The van der Waals surface area contributed by atoms with E-state index in [1.54, 1.807) is 7.11 Å². The Morgan fingerprint density at radius 3 is 2.94 bits per heavy atom. The van der Waals surface area contributed by atoms with Crippen LogP contribution in [-0.4, -0.2) is 29.8 Å². The Morgan fingerprint density at radius 2 is 2.38 bits per heavy atom. The molecule has 1 saturated carbocycles. The summed E-state index contributed by atoms with van der Waals surface area (Å²) < 4.78 is 7.76. The average Bonchev–Trinajstić information content (AvgIpc) is 2.66. The molecule has 1 fully saturated rings. The van der Waals surface area contributed by atoms with Crippen LogP contribution < -0.4 is 5.32 Å². The van der Waals surface area contributed by atoms with Crippen molar-refractivity contribution in [3.8, 4) is 0 Å². The zero-order valence-corrected chi connectivity index (χ0v) is 10.5. The second-order valence-electron chi connectivity index (χ2n) is 5.12. The Kier molecular flexibility index (Phi) is 3.04. The number of nitrogens with one attached hydrogen (secondary N) is 1. The minimum atomic E-state index is 0.192. The molecule has 1 N–H and O–H groups in total. The number of rotatable bonds is 4. The van der Waals surface area contributed by atoms with Crippen molar-refractivity contribution >= 4 is 0 Å². The lowest BCUT2D eigenvalue weighted by atomic mass is 9.64. The van der Waals surface area contributed by atoms with Gasteiger partial charge >= 0.3 is 0 Å². The van der Waals surface area contributed by atoms with Crippen molar-refractivity contribution in [2.45, 2.75) is 39.0 Å². The molecule has 0 radical (unpaired) electrons. The van der Waals surface area contributed by atoms with Gasteiger partial charge < -0.3 is 14.6 Å². The fraction of sp³-hybridized carbons (Fsp3) is 0.750. The van der Waals surface area contributed by atoms with Crippen molar-refractivity contribution in [3.63, 3.8) is 0 Å². The molecule has 0 amide bonds. The highest BCUT2D eigenvalue weighted by atomic mass is 16.5. The number of nitrogens with zero attached hydrogens (tertiary/aromatic N) is 2. The molecule has 1 aliphatic rings. The highest BCUT2D eigenvalue weighted by Crippen LogP contribution is 2.51. The van der Waals surface area contributed by atoms with Crippen molar-refractivity contribution in [2.24, 2.45) is 5.41 Å². The molecule has 16 heavy (non-hydrogen) atoms. The Bertz CT molecular complexity index is 359. The van der Waals surface area contributed by atoms with E-state index in [2.05, 4.69) is 28.7 Å². The number of ether oxygens (including phenoxy) is 1. The summed E-state index contributed by atoms with van der Waals surface area (Å²) in [6.07, 6.45) is 5.32. The molecule has 4 nitrogen and oxygen atoms in total. The third-order valence-corrected chi connectivity index (χ3v) is 3.85. The van der Waals surface area contributed by atoms with Crippen molar-refractivity contribution in [1.82, 2.24) is 14.9 Å². The Hall–Kier alpha value is -0.870. The number of hydrogen-bond acceptors (Lipinski definition) is 3. The van der Waals surface area contributed by atoms with Crippen molar-refractivity contribution in [3.05, 3.63) is 18.2 Å². The number of hydrogen-bond donors (Lipinski definition) is 1. The maximum atomic E-state index is 5.48. The van der Waals surface area contributed by atoms with E-state index in [1.807, 2.05) is 19.6 Å². The second kappa shape index (κ2) is 4.18. The third kappa shape index (κ3) is 1.66. The molecule has 0 aliphatic heterocycles. The van der Waals surface area contributed by atoms with Crippen molar-refractivity contribution < 1.29 is 4.74 Å². The molecule has 1 heterocycles. The van der Waals surface area contributed by atoms with E-state index in [4.69, 9.17) is 4.74 Å². The lowest BCUT2D eigenvalue weighted by Gasteiger charge is -2.51. The minimum Gasteiger partial charge on any atom is -0.381 e. The number of imidazole rings is 1. The molecule has 90 valence electrons. The molecule has 1 aliphatic carbocycles. The molecule has 2 rings (SSSR count). The fourth-order valence-corrected chi connectivity index (χ4v) is 2.67. The summed E-state index contributed by atoms with van der Waals surface area (Å²) in [5.74, 6) is 0. The number of methoxy groups -OCH3 is 1. The quantitative estimate of drug-likeness (QED) is 0.842. The van der Waals surface area contributed by atoms with Gasteiger partial charge in [-0.05, 0) is 13.5 Å². The van der Waals surface area contributed by atoms with Crippen LogP contribution in [0.15, 0.2) is 12.5 Å². The number of aromatic nitrogens is 2. The van der Waals surface area contributed by atoms with Crippen molar-refractivity contribution in [1.29, 1.82) is 0 Å². The predicted molar refractivity (Wildman–Crippen MR) is 63.2 cm³/mol. The van der Waals surface area contributed by atoms with E-state index in [9.17, 15) is 0 Å². The van der Waals surface area contributed by atoms with Crippen molar-refractivity contribution in [2.75, 3.05) is 14.2 Å². The van der Waals surface area contributed by atoms with Crippen LogP contribution in [-0.2, 0) is 11.3 Å². The Labute approximate surface area is 97.0 Å². The molecule has 0 bridgehead atoms. The van der Waals surface area contributed by atoms with Gasteiger partial charge in [-0.15, -0.1) is 0 Å². The Balaban J connectivity index is 2.17. The SMILES string of the molecule is CNCc1cncn1C1CC(OC)C1(C)C. The zero-order valence-electron chi connectivity index (χ0n) is 10.5. The van der Waals surface area contributed by atoms with E-state index in [-0.39, 0.29) is 5.41 Å². The van der Waals surface area contributed by atoms with Gasteiger partial charge in [0.05, 0.1) is 18.1 Å². The first-order valence-corrected chi connectivity index (χ1v) is 5.79. The first-order chi connectivity index (χ1) is 7.61. The van der Waals surface area contributed by atoms with Gasteiger partial charge in [-0.25, -0.2) is 4.98 Å². The molecule has 0 saturated heterocycles. The minimum absolute atomic E-state index is 0.192. The smallest absolute Gasteiger partial charge is 0.0951 e. The standard InChI is InChI=1S/C12H21N3O/c1-12(2)10(5-11(12)16-4)15-8-14-7-9(15)6-13-3/h7-8,10-11,13H,5-6H2,1-4H3. The summed E-state index contributed by atoms with van der Waals surface area (Å²) in [4.78, 5) is 4.24. The fourth-order valence-electron chi connectivity index (χ4n) is 2.67. The van der Waals surface area contributed by atoms with E-state index in [1.165, 1.54) is 5.69 Å². The van der Waals surface area contributed by atoms with Crippen LogP contribution >= 0.6 is 0 Å². The molecule has 2 unspecified atom stereocenters. The van der Waals surface area contributed by atoms with E-state index in [0.29, 0.717) is 12.1 Å². The normalized spacial score (nSPS) is 27.8. The molecular formula is C12H21N3O. The first kappa shape index (κ1) is 11.6. The predicted octanol–water partition coefficient (Wildman–Crippen LogP) is 1.59. The van der Waals surface area contributed by atoms with Gasteiger partial charge in [0, 0.05) is 31.3 Å². The van der Waals surface area contributed by atoms with Crippen LogP contribution in [0, 0.1) is 5.41 Å². The summed E-state index contributed by atoms with van der Waals surface area (Å²) in [5, 5.41) is 3.17. The van der Waals surface area contributed by atoms with Gasteiger partial charge in [0.25, 0.3) is 0 Å². The maximum absolute atomic E-state index is 5.48. The third-order valence-electron chi connectivity index (χ3n) is 3.85. The van der Waals surface area contributed by atoms with Gasteiger partial charge in [-0.2, -0.15) is 0 Å². The monoisotopic (exact) mass is 223 g/mol. The first-order valence-electron chi connectivity index (χ1n) is 5.79. The Morgan fingerprint density at radius 1 is 1.62 bits per heavy atom. The molecule has 0 spiro atoms. The topological polar surface area (TPSA) is 39.1 Å². The summed E-state index contributed by atoms with van der Waals surface area (Å²) in [5.41, 5.74) is 1.44. The van der Waals surface area contributed by atoms with Crippen LogP contribution in [0.2, 0.25) is 0 Å². The molecule has 2 atom stereocenters. The molecule has 0 aromatic carbocycles. The second-order valence-corrected chi connectivity index (χ2v) is 5.12. The molecule has 4 heteroatoms. The molecular weight excluding hydrogens is 202 g/mol. The largest absolute Gasteiger partial charge is 0.381 e. The highest BCUT2D eigenvalue weighted by Gasteiger charge is 2.49. The van der Waals surface area contributed by atoms with Crippen LogP contribution in [0.5, 0.6) is 0 Å². The van der Waals surface area contributed by atoms with Gasteiger partial charge in [0.1, 0.15) is 0 Å². The molecule has 1 aromatic rings. The van der Waals surface area contributed by atoms with E-state index in [0.717, 1.165) is 13.0 Å². The summed E-state index contributed by atoms with van der Waals surface area (Å²) >= 11 is 0. The lowest BCUT2D eigenvalue weighted by molar-refractivity contribution is -0.113.